The first-order valence-electron chi connectivity index (χ1n) is 5.71. The molecule has 1 unspecified atom stereocenters. The average molecular weight is 289 g/mol. The van der Waals surface area contributed by atoms with Gasteiger partial charge in [0.25, 0.3) is 0 Å². The van der Waals surface area contributed by atoms with Gasteiger partial charge in [-0.25, -0.2) is 4.79 Å². The number of carboxylic acid groups (broad SMARTS) is 1. The summed E-state index contributed by atoms with van der Waals surface area (Å²) in [5.41, 5.74) is 1.04. The van der Waals surface area contributed by atoms with Gasteiger partial charge >= 0.3 is 6.09 Å². The molecule has 1 amide bonds. The minimum Gasteiger partial charge on any atom is -0.465 e. The molecule has 6 heteroatoms. The van der Waals surface area contributed by atoms with Crippen molar-refractivity contribution >= 4 is 29.3 Å². The molecule has 1 saturated heterocycles. The van der Waals surface area contributed by atoms with E-state index in [1.54, 1.807) is 6.07 Å². The molecule has 1 fully saturated rings. The van der Waals surface area contributed by atoms with Crippen molar-refractivity contribution in [1.29, 1.82) is 0 Å². The lowest BCUT2D eigenvalue weighted by Crippen LogP contribution is -2.34. The number of hydrogen-bond donors (Lipinski definition) is 2. The van der Waals surface area contributed by atoms with Crippen molar-refractivity contribution in [3.63, 3.8) is 0 Å². The molecule has 0 bridgehead atoms. The highest BCUT2D eigenvalue weighted by Crippen LogP contribution is 2.22. The van der Waals surface area contributed by atoms with Gasteiger partial charge in [-0.3, -0.25) is 0 Å². The first-order chi connectivity index (χ1) is 8.56. The zero-order valence-electron chi connectivity index (χ0n) is 9.70. The van der Waals surface area contributed by atoms with Crippen molar-refractivity contribution in [2.24, 2.45) is 0 Å². The number of halogens is 2. The second-order valence-corrected chi connectivity index (χ2v) is 5.16. The van der Waals surface area contributed by atoms with Gasteiger partial charge in [-0.15, -0.1) is 0 Å². The van der Waals surface area contributed by atoms with Crippen LogP contribution < -0.4 is 5.32 Å². The molecule has 1 aliphatic rings. The summed E-state index contributed by atoms with van der Waals surface area (Å²) in [7, 11) is 0. The van der Waals surface area contributed by atoms with Gasteiger partial charge in [-0.2, -0.15) is 0 Å². The van der Waals surface area contributed by atoms with Crippen LogP contribution in [-0.2, 0) is 6.54 Å². The van der Waals surface area contributed by atoms with Crippen LogP contribution >= 0.6 is 23.2 Å². The molecule has 1 heterocycles. The molecule has 1 atom stereocenters. The van der Waals surface area contributed by atoms with E-state index in [9.17, 15) is 4.79 Å². The lowest BCUT2D eigenvalue weighted by Gasteiger charge is -2.14. The van der Waals surface area contributed by atoms with E-state index in [1.807, 2.05) is 12.1 Å². The molecule has 0 aliphatic carbocycles. The third-order valence-corrected chi connectivity index (χ3v) is 3.78. The predicted molar refractivity (Wildman–Crippen MR) is 71.3 cm³/mol. The Labute approximate surface area is 115 Å². The number of hydrogen-bond acceptors (Lipinski definition) is 2. The van der Waals surface area contributed by atoms with E-state index in [2.05, 4.69) is 5.32 Å². The second kappa shape index (κ2) is 5.78. The molecular formula is C12H14Cl2N2O2. The maximum Gasteiger partial charge on any atom is 0.407 e. The van der Waals surface area contributed by atoms with Gasteiger partial charge in [-0.1, -0.05) is 29.3 Å². The summed E-state index contributed by atoms with van der Waals surface area (Å²) in [6, 6.07) is 5.70. The lowest BCUT2D eigenvalue weighted by atomic mass is 10.2. The number of carbonyl (C=O) groups is 1. The predicted octanol–water partition coefficient (Wildman–Crippen LogP) is 2.84. The summed E-state index contributed by atoms with van der Waals surface area (Å²) in [4.78, 5) is 12.2. The summed E-state index contributed by atoms with van der Waals surface area (Å²) in [5.74, 6) is 0. The number of benzene rings is 1. The average Bonchev–Trinajstić information content (AvgIpc) is 2.79. The van der Waals surface area contributed by atoms with E-state index < -0.39 is 6.09 Å². The van der Waals surface area contributed by atoms with Crippen molar-refractivity contribution in [3.05, 3.63) is 33.8 Å². The number of likely N-dealkylation sites (tertiary alicyclic amines) is 1. The molecular weight excluding hydrogens is 275 g/mol. The fourth-order valence-corrected chi connectivity index (χ4v) is 2.33. The summed E-state index contributed by atoms with van der Waals surface area (Å²) >= 11 is 11.8. The first-order valence-corrected chi connectivity index (χ1v) is 6.47. The third-order valence-electron chi connectivity index (χ3n) is 3.04. The smallest absolute Gasteiger partial charge is 0.407 e. The minimum atomic E-state index is -0.853. The Morgan fingerprint density at radius 3 is 2.83 bits per heavy atom. The molecule has 0 radical (unpaired) electrons. The van der Waals surface area contributed by atoms with Crippen LogP contribution in [0.2, 0.25) is 10.0 Å². The lowest BCUT2D eigenvalue weighted by molar-refractivity contribution is 0.154. The monoisotopic (exact) mass is 288 g/mol. The minimum absolute atomic E-state index is 0.204. The van der Waals surface area contributed by atoms with E-state index >= 15 is 0 Å². The van der Waals surface area contributed by atoms with E-state index in [1.165, 1.54) is 4.90 Å². The van der Waals surface area contributed by atoms with Crippen molar-refractivity contribution < 1.29 is 9.90 Å². The van der Waals surface area contributed by atoms with Crippen molar-refractivity contribution in [1.82, 2.24) is 10.2 Å². The SMILES string of the molecule is O=C(O)N1CCC(NCc2ccc(Cl)c(Cl)c2)C1. The van der Waals surface area contributed by atoms with E-state index in [-0.39, 0.29) is 6.04 Å². The van der Waals surface area contributed by atoms with Crippen LogP contribution in [0.25, 0.3) is 0 Å². The number of rotatable bonds is 3. The second-order valence-electron chi connectivity index (χ2n) is 4.34. The molecule has 1 aromatic rings. The summed E-state index contributed by atoms with van der Waals surface area (Å²) in [6.07, 6.45) is -0.0120. The van der Waals surface area contributed by atoms with Crippen LogP contribution in [0.1, 0.15) is 12.0 Å². The van der Waals surface area contributed by atoms with Crippen LogP contribution in [-0.4, -0.2) is 35.2 Å². The molecule has 0 spiro atoms. The maximum absolute atomic E-state index is 10.8. The van der Waals surface area contributed by atoms with Gasteiger partial charge in [0.1, 0.15) is 0 Å². The molecule has 18 heavy (non-hydrogen) atoms. The van der Waals surface area contributed by atoms with E-state index in [0.717, 1.165) is 12.0 Å². The van der Waals surface area contributed by atoms with E-state index in [0.29, 0.717) is 29.7 Å². The number of amides is 1. The Hall–Kier alpha value is -0.970. The van der Waals surface area contributed by atoms with Gasteiger partial charge < -0.3 is 15.3 Å². The highest BCUT2D eigenvalue weighted by Gasteiger charge is 2.25. The number of nitrogens with one attached hydrogen (secondary N) is 1. The Balaban J connectivity index is 1.85. The summed E-state index contributed by atoms with van der Waals surface area (Å²) in [5, 5.41) is 13.2. The van der Waals surface area contributed by atoms with Crippen LogP contribution in [0.5, 0.6) is 0 Å². The topological polar surface area (TPSA) is 52.6 Å². The zero-order valence-corrected chi connectivity index (χ0v) is 11.2. The Bertz CT molecular complexity index is 454. The third kappa shape index (κ3) is 3.28. The first kappa shape index (κ1) is 13.5. The molecule has 2 rings (SSSR count). The van der Waals surface area contributed by atoms with Gasteiger partial charge in [0.05, 0.1) is 10.0 Å². The van der Waals surface area contributed by atoms with Crippen molar-refractivity contribution in [2.45, 2.75) is 19.0 Å². The Morgan fingerprint density at radius 1 is 1.44 bits per heavy atom. The fraction of sp³-hybridized carbons (Fsp3) is 0.417. The van der Waals surface area contributed by atoms with Crippen LogP contribution in [0.3, 0.4) is 0 Å². The molecule has 1 aromatic carbocycles. The number of nitrogens with zero attached hydrogens (tertiary/aromatic N) is 1. The largest absolute Gasteiger partial charge is 0.465 e. The van der Waals surface area contributed by atoms with Gasteiger partial charge in [0, 0.05) is 25.7 Å². The molecule has 4 nitrogen and oxygen atoms in total. The van der Waals surface area contributed by atoms with Gasteiger partial charge in [0.15, 0.2) is 0 Å². The van der Waals surface area contributed by atoms with Gasteiger partial charge in [0.2, 0.25) is 0 Å². The molecule has 1 aliphatic heterocycles. The van der Waals surface area contributed by atoms with Crippen LogP contribution in [0, 0.1) is 0 Å². The maximum atomic E-state index is 10.8. The molecule has 0 saturated carbocycles. The standard InChI is InChI=1S/C12H14Cl2N2O2/c13-10-2-1-8(5-11(10)14)6-15-9-3-4-16(7-9)12(17)18/h1-2,5,9,15H,3-4,6-7H2,(H,17,18). The highest BCUT2D eigenvalue weighted by atomic mass is 35.5. The van der Waals surface area contributed by atoms with E-state index in [4.69, 9.17) is 28.3 Å². The van der Waals surface area contributed by atoms with Gasteiger partial charge in [-0.05, 0) is 24.1 Å². The molecule has 98 valence electrons. The Morgan fingerprint density at radius 2 is 2.22 bits per heavy atom. The zero-order chi connectivity index (χ0) is 13.1. The summed E-state index contributed by atoms with van der Waals surface area (Å²) < 4.78 is 0. The van der Waals surface area contributed by atoms with Crippen LogP contribution in [0.15, 0.2) is 18.2 Å². The van der Waals surface area contributed by atoms with Crippen LogP contribution in [0.4, 0.5) is 4.79 Å². The van der Waals surface area contributed by atoms with Crippen molar-refractivity contribution in [3.8, 4) is 0 Å². The van der Waals surface area contributed by atoms with Crippen molar-refractivity contribution in [2.75, 3.05) is 13.1 Å². The highest BCUT2D eigenvalue weighted by molar-refractivity contribution is 6.42. The molecule has 2 N–H and O–H groups in total. The fourth-order valence-electron chi connectivity index (χ4n) is 2.01. The Kier molecular flexibility index (Phi) is 4.32. The molecule has 0 aromatic heterocycles. The summed E-state index contributed by atoms with van der Waals surface area (Å²) in [6.45, 7) is 1.79. The normalized spacial score (nSPS) is 19.2. The quantitative estimate of drug-likeness (QED) is 0.899.